The fraction of sp³-hybridized carbons (Fsp3) is 0.188. The Labute approximate surface area is 148 Å². The molecule has 0 saturated heterocycles. The van der Waals surface area contributed by atoms with Crippen LogP contribution in [0, 0.1) is 0 Å². The van der Waals surface area contributed by atoms with Gasteiger partial charge in [0, 0.05) is 18.0 Å². The largest absolute Gasteiger partial charge is 0.497 e. The van der Waals surface area contributed by atoms with Gasteiger partial charge in [-0.2, -0.15) is 0 Å². The van der Waals surface area contributed by atoms with Gasteiger partial charge in [-0.15, -0.1) is 10.2 Å². The Kier molecular flexibility index (Phi) is 4.94. The van der Waals surface area contributed by atoms with Crippen LogP contribution in [0.2, 0.25) is 0 Å². The molecule has 1 amide bonds. The van der Waals surface area contributed by atoms with Gasteiger partial charge in [0.05, 0.1) is 25.7 Å². The highest BCUT2D eigenvalue weighted by Gasteiger charge is 2.12. The van der Waals surface area contributed by atoms with Crippen molar-refractivity contribution < 1.29 is 14.3 Å². The highest BCUT2D eigenvalue weighted by molar-refractivity contribution is 7.99. The van der Waals surface area contributed by atoms with Gasteiger partial charge in [0.15, 0.2) is 10.8 Å². The number of thioether (sulfide) groups is 1. The summed E-state index contributed by atoms with van der Waals surface area (Å²) in [5.41, 5.74) is 7.62. The van der Waals surface area contributed by atoms with E-state index in [0.717, 1.165) is 0 Å². The molecular formula is C16H17N5O3S. The molecule has 2 heterocycles. The molecule has 0 aliphatic rings. The van der Waals surface area contributed by atoms with Crippen LogP contribution in [-0.4, -0.2) is 40.5 Å². The predicted octanol–water partition coefficient (Wildman–Crippen LogP) is 2.06. The Hall–Kier alpha value is -2.94. The number of nitrogens with one attached hydrogen (secondary N) is 1. The monoisotopic (exact) mass is 359 g/mol. The molecule has 0 saturated carbocycles. The number of benzene rings is 1. The van der Waals surface area contributed by atoms with Crippen LogP contribution in [0.25, 0.3) is 5.65 Å². The average molecular weight is 359 g/mol. The van der Waals surface area contributed by atoms with E-state index in [1.54, 1.807) is 48.0 Å². The third kappa shape index (κ3) is 3.77. The van der Waals surface area contributed by atoms with Gasteiger partial charge in [0.2, 0.25) is 5.91 Å². The fourth-order valence-electron chi connectivity index (χ4n) is 2.20. The number of nitrogen functional groups attached to an aromatic ring is 1. The third-order valence-electron chi connectivity index (χ3n) is 3.41. The topological polar surface area (TPSA) is 104 Å². The van der Waals surface area contributed by atoms with Gasteiger partial charge in [0.1, 0.15) is 11.5 Å². The number of pyridine rings is 1. The number of carbonyl (C=O) groups is 1. The Morgan fingerprint density at radius 3 is 2.84 bits per heavy atom. The number of nitrogens with two attached hydrogens (primary N) is 1. The molecule has 25 heavy (non-hydrogen) atoms. The molecule has 3 N–H and O–H groups in total. The fourth-order valence-corrected chi connectivity index (χ4v) is 2.92. The zero-order valence-corrected chi connectivity index (χ0v) is 14.5. The molecule has 0 bridgehead atoms. The molecule has 8 nitrogen and oxygen atoms in total. The molecule has 1 aromatic carbocycles. The number of aromatic nitrogens is 3. The molecule has 0 unspecified atom stereocenters. The van der Waals surface area contributed by atoms with Crippen molar-refractivity contribution in [3.8, 4) is 11.5 Å². The molecule has 2 aromatic heterocycles. The number of rotatable bonds is 6. The molecule has 3 aromatic rings. The summed E-state index contributed by atoms with van der Waals surface area (Å²) in [6.07, 6.45) is 1.72. The number of hydrogen-bond donors (Lipinski definition) is 2. The summed E-state index contributed by atoms with van der Waals surface area (Å²) in [6.45, 7) is 0. The number of anilines is 2. The number of nitrogens with zero attached hydrogens (tertiary/aromatic N) is 3. The highest BCUT2D eigenvalue weighted by Crippen LogP contribution is 2.29. The van der Waals surface area contributed by atoms with Crippen molar-refractivity contribution in [2.24, 2.45) is 0 Å². The molecule has 130 valence electrons. The summed E-state index contributed by atoms with van der Waals surface area (Å²) in [6, 6.07) is 8.71. The predicted molar refractivity (Wildman–Crippen MR) is 96.3 cm³/mol. The van der Waals surface area contributed by atoms with E-state index in [-0.39, 0.29) is 11.7 Å². The third-order valence-corrected chi connectivity index (χ3v) is 4.35. The normalized spacial score (nSPS) is 10.6. The van der Waals surface area contributed by atoms with Gasteiger partial charge >= 0.3 is 0 Å². The van der Waals surface area contributed by atoms with Gasteiger partial charge < -0.3 is 20.5 Å². The Morgan fingerprint density at radius 1 is 1.24 bits per heavy atom. The minimum absolute atomic E-state index is 0.171. The lowest BCUT2D eigenvalue weighted by atomic mass is 10.2. The van der Waals surface area contributed by atoms with Crippen LogP contribution < -0.4 is 20.5 Å². The van der Waals surface area contributed by atoms with Crippen molar-refractivity contribution in [3.05, 3.63) is 36.5 Å². The Morgan fingerprint density at radius 2 is 2.08 bits per heavy atom. The van der Waals surface area contributed by atoms with Crippen molar-refractivity contribution in [1.82, 2.24) is 14.6 Å². The van der Waals surface area contributed by atoms with Crippen LogP contribution in [-0.2, 0) is 4.79 Å². The van der Waals surface area contributed by atoms with Crippen LogP contribution >= 0.6 is 11.8 Å². The van der Waals surface area contributed by atoms with E-state index >= 15 is 0 Å². The molecule has 9 heteroatoms. The number of ether oxygens (including phenoxy) is 2. The molecule has 0 fully saturated rings. The SMILES string of the molecule is COc1ccc(NC(=O)CSc2nnc3ccc(N)cn23)c(OC)c1. The Balaban J connectivity index is 1.67. The maximum atomic E-state index is 12.2. The average Bonchev–Trinajstić information content (AvgIpc) is 3.02. The summed E-state index contributed by atoms with van der Waals surface area (Å²) in [5, 5.41) is 11.5. The molecule has 0 aliphatic carbocycles. The van der Waals surface area contributed by atoms with E-state index in [1.165, 1.54) is 18.9 Å². The summed E-state index contributed by atoms with van der Waals surface area (Å²) in [7, 11) is 3.10. The van der Waals surface area contributed by atoms with Crippen molar-refractivity contribution in [1.29, 1.82) is 0 Å². The standard InChI is InChI=1S/C16H17N5O3S/c1-23-11-4-5-12(13(7-11)24-2)18-15(22)9-25-16-20-19-14-6-3-10(17)8-21(14)16/h3-8H,9,17H2,1-2H3,(H,18,22). The van der Waals surface area contributed by atoms with E-state index in [9.17, 15) is 4.79 Å². The van der Waals surface area contributed by atoms with Crippen LogP contribution in [0.4, 0.5) is 11.4 Å². The number of methoxy groups -OCH3 is 2. The van der Waals surface area contributed by atoms with Crippen molar-refractivity contribution in [2.75, 3.05) is 31.0 Å². The van der Waals surface area contributed by atoms with Crippen LogP contribution in [0.3, 0.4) is 0 Å². The number of hydrogen-bond acceptors (Lipinski definition) is 7. The van der Waals surface area contributed by atoms with Crippen molar-refractivity contribution >= 4 is 34.7 Å². The first-order chi connectivity index (χ1) is 12.1. The summed E-state index contributed by atoms with van der Waals surface area (Å²) in [5.74, 6) is 1.16. The second kappa shape index (κ2) is 7.31. The lowest BCUT2D eigenvalue weighted by Gasteiger charge is -2.11. The number of carbonyl (C=O) groups excluding carboxylic acids is 1. The van der Waals surface area contributed by atoms with E-state index < -0.39 is 0 Å². The van der Waals surface area contributed by atoms with Gasteiger partial charge in [-0.1, -0.05) is 11.8 Å². The lowest BCUT2D eigenvalue weighted by molar-refractivity contribution is -0.113. The van der Waals surface area contributed by atoms with Gasteiger partial charge in [-0.25, -0.2) is 0 Å². The second-order valence-corrected chi connectivity index (χ2v) is 6.02. The maximum absolute atomic E-state index is 12.2. The minimum atomic E-state index is -0.186. The minimum Gasteiger partial charge on any atom is -0.497 e. The molecule has 0 spiro atoms. The summed E-state index contributed by atoms with van der Waals surface area (Å²) >= 11 is 1.27. The smallest absolute Gasteiger partial charge is 0.234 e. The van der Waals surface area contributed by atoms with E-state index in [4.69, 9.17) is 15.2 Å². The molecule has 0 atom stereocenters. The molecule has 3 rings (SSSR count). The molecule has 0 radical (unpaired) electrons. The molecular weight excluding hydrogens is 342 g/mol. The Bertz CT molecular complexity index is 912. The van der Waals surface area contributed by atoms with E-state index in [2.05, 4.69) is 15.5 Å². The first kappa shape index (κ1) is 16.9. The van der Waals surface area contributed by atoms with Gasteiger partial charge in [0.25, 0.3) is 0 Å². The van der Waals surface area contributed by atoms with Crippen LogP contribution in [0.5, 0.6) is 11.5 Å². The zero-order valence-electron chi connectivity index (χ0n) is 13.7. The quantitative estimate of drug-likeness (QED) is 0.649. The van der Waals surface area contributed by atoms with Crippen molar-refractivity contribution in [2.45, 2.75) is 5.16 Å². The number of fused-ring (bicyclic) bond motifs is 1. The van der Waals surface area contributed by atoms with E-state index in [1.807, 2.05) is 0 Å². The second-order valence-electron chi connectivity index (χ2n) is 5.08. The number of amides is 1. The summed E-state index contributed by atoms with van der Waals surface area (Å²) < 4.78 is 12.2. The van der Waals surface area contributed by atoms with E-state index in [0.29, 0.717) is 33.7 Å². The van der Waals surface area contributed by atoms with Crippen molar-refractivity contribution in [3.63, 3.8) is 0 Å². The van der Waals surface area contributed by atoms with Gasteiger partial charge in [-0.3, -0.25) is 9.20 Å². The van der Waals surface area contributed by atoms with Crippen LogP contribution in [0.15, 0.2) is 41.7 Å². The maximum Gasteiger partial charge on any atom is 0.234 e. The lowest BCUT2D eigenvalue weighted by Crippen LogP contribution is -2.15. The van der Waals surface area contributed by atoms with Crippen LogP contribution in [0.1, 0.15) is 0 Å². The zero-order chi connectivity index (χ0) is 17.8. The first-order valence-electron chi connectivity index (χ1n) is 7.35. The first-order valence-corrected chi connectivity index (χ1v) is 8.34. The van der Waals surface area contributed by atoms with Gasteiger partial charge in [-0.05, 0) is 24.3 Å². The molecule has 0 aliphatic heterocycles. The summed E-state index contributed by atoms with van der Waals surface area (Å²) in [4.78, 5) is 12.2. The highest BCUT2D eigenvalue weighted by atomic mass is 32.2.